The zero-order chi connectivity index (χ0) is 14.2. The minimum atomic E-state index is -0.963. The van der Waals surface area contributed by atoms with Crippen LogP contribution < -0.4 is 0 Å². The van der Waals surface area contributed by atoms with Crippen LogP contribution in [0.15, 0.2) is 54.6 Å². The molecule has 0 aromatic heterocycles. The van der Waals surface area contributed by atoms with Crippen molar-refractivity contribution in [3.05, 3.63) is 70.7 Å². The van der Waals surface area contributed by atoms with Crippen LogP contribution in [0, 0.1) is 0 Å². The molecule has 1 fully saturated rings. The third-order valence-corrected chi connectivity index (χ3v) is 3.85. The van der Waals surface area contributed by atoms with Gasteiger partial charge in [-0.25, -0.2) is 0 Å². The number of aliphatic hydroxyl groups is 1. The number of β-amino-alcohol motifs (C(OH)–C–C–N with tert-alkyl or cyclic N) is 1. The van der Waals surface area contributed by atoms with Crippen molar-refractivity contribution in [2.75, 3.05) is 13.1 Å². The van der Waals surface area contributed by atoms with Crippen molar-refractivity contribution in [2.45, 2.75) is 5.60 Å². The number of hydrogen-bond acceptors (Lipinski definition) is 2. The summed E-state index contributed by atoms with van der Waals surface area (Å²) in [7, 11) is 0. The molecule has 0 aliphatic carbocycles. The van der Waals surface area contributed by atoms with E-state index in [0.717, 1.165) is 5.56 Å². The molecule has 1 amide bonds. The topological polar surface area (TPSA) is 40.5 Å². The molecule has 1 heterocycles. The van der Waals surface area contributed by atoms with Gasteiger partial charge in [0.15, 0.2) is 0 Å². The fraction of sp³-hybridized carbons (Fsp3) is 0.188. The van der Waals surface area contributed by atoms with Crippen molar-refractivity contribution < 1.29 is 9.90 Å². The molecule has 0 spiro atoms. The molecule has 3 nitrogen and oxygen atoms in total. The van der Waals surface area contributed by atoms with Gasteiger partial charge in [0.1, 0.15) is 5.60 Å². The van der Waals surface area contributed by atoms with E-state index in [1.54, 1.807) is 41.3 Å². The van der Waals surface area contributed by atoms with E-state index in [1.165, 1.54) is 0 Å². The van der Waals surface area contributed by atoms with Crippen molar-refractivity contribution in [2.24, 2.45) is 0 Å². The zero-order valence-electron chi connectivity index (χ0n) is 10.8. The van der Waals surface area contributed by atoms with E-state index < -0.39 is 5.60 Å². The predicted octanol–water partition coefficient (Wildman–Crippen LogP) is 2.68. The lowest BCUT2D eigenvalue weighted by molar-refractivity contribution is -0.0863. The number of rotatable bonds is 2. The number of carbonyl (C=O) groups is 1. The lowest BCUT2D eigenvalue weighted by Gasteiger charge is -2.46. The maximum Gasteiger partial charge on any atom is 0.254 e. The first-order chi connectivity index (χ1) is 9.58. The second kappa shape index (κ2) is 4.93. The van der Waals surface area contributed by atoms with Crippen LogP contribution in [0.25, 0.3) is 0 Å². The summed E-state index contributed by atoms with van der Waals surface area (Å²) in [5.74, 6) is -0.0516. The van der Waals surface area contributed by atoms with E-state index >= 15 is 0 Å². The van der Waals surface area contributed by atoms with Crippen LogP contribution in [0.2, 0.25) is 5.02 Å². The van der Waals surface area contributed by atoms with E-state index in [4.69, 9.17) is 11.6 Å². The smallest absolute Gasteiger partial charge is 0.254 e. The first kappa shape index (κ1) is 13.2. The van der Waals surface area contributed by atoms with Crippen molar-refractivity contribution in [3.8, 4) is 0 Å². The van der Waals surface area contributed by atoms with Gasteiger partial charge in [-0.3, -0.25) is 4.79 Å². The van der Waals surface area contributed by atoms with Gasteiger partial charge in [-0.15, -0.1) is 0 Å². The average molecular weight is 288 g/mol. The highest BCUT2D eigenvalue weighted by atomic mass is 35.5. The third kappa shape index (κ3) is 2.30. The average Bonchev–Trinajstić information content (AvgIpc) is 2.45. The van der Waals surface area contributed by atoms with Gasteiger partial charge in [0.2, 0.25) is 0 Å². The van der Waals surface area contributed by atoms with E-state index in [-0.39, 0.29) is 5.91 Å². The Kier molecular flexibility index (Phi) is 3.24. The van der Waals surface area contributed by atoms with E-state index in [1.807, 2.05) is 18.2 Å². The highest BCUT2D eigenvalue weighted by molar-refractivity contribution is 6.30. The number of halogens is 1. The largest absolute Gasteiger partial charge is 0.381 e. The maximum atomic E-state index is 12.2. The monoisotopic (exact) mass is 287 g/mol. The Balaban J connectivity index is 1.71. The molecule has 20 heavy (non-hydrogen) atoms. The Morgan fingerprint density at radius 1 is 1.05 bits per heavy atom. The van der Waals surface area contributed by atoms with Gasteiger partial charge >= 0.3 is 0 Å². The van der Waals surface area contributed by atoms with Crippen LogP contribution in [0.3, 0.4) is 0 Å². The Hall–Kier alpha value is -1.84. The molecule has 2 aromatic carbocycles. The molecule has 0 saturated carbocycles. The van der Waals surface area contributed by atoms with Gasteiger partial charge < -0.3 is 10.0 Å². The molecular weight excluding hydrogens is 274 g/mol. The molecule has 0 atom stereocenters. The van der Waals surface area contributed by atoms with E-state index in [2.05, 4.69) is 0 Å². The number of likely N-dealkylation sites (tertiary alicyclic amines) is 1. The first-order valence-corrected chi connectivity index (χ1v) is 6.79. The Labute approximate surface area is 122 Å². The summed E-state index contributed by atoms with van der Waals surface area (Å²) in [6.07, 6.45) is 0. The number of nitrogens with zero attached hydrogens (tertiary/aromatic N) is 1. The van der Waals surface area contributed by atoms with Crippen molar-refractivity contribution in [1.82, 2.24) is 4.90 Å². The Morgan fingerprint density at radius 3 is 2.25 bits per heavy atom. The molecule has 4 heteroatoms. The molecule has 1 aliphatic rings. The predicted molar refractivity (Wildman–Crippen MR) is 77.7 cm³/mol. The minimum absolute atomic E-state index is 0.0516. The molecule has 1 N–H and O–H groups in total. The van der Waals surface area contributed by atoms with Crippen LogP contribution in [0.5, 0.6) is 0 Å². The maximum absolute atomic E-state index is 12.2. The summed E-state index contributed by atoms with van der Waals surface area (Å²) in [4.78, 5) is 13.8. The van der Waals surface area contributed by atoms with Crippen molar-refractivity contribution in [1.29, 1.82) is 0 Å². The van der Waals surface area contributed by atoms with Gasteiger partial charge in [-0.2, -0.15) is 0 Å². The normalized spacial score (nSPS) is 16.6. The molecule has 0 unspecified atom stereocenters. The number of carbonyl (C=O) groups excluding carboxylic acids is 1. The lowest BCUT2D eigenvalue weighted by atomic mass is 9.85. The summed E-state index contributed by atoms with van der Waals surface area (Å²) < 4.78 is 0. The standard InChI is InChI=1S/C16H14ClNO2/c17-14-8-6-13(7-9-14)16(20)10-18(11-16)15(19)12-4-2-1-3-5-12/h1-9,20H,10-11H2. The zero-order valence-corrected chi connectivity index (χ0v) is 11.5. The fourth-order valence-corrected chi connectivity index (χ4v) is 2.56. The minimum Gasteiger partial charge on any atom is -0.381 e. The van der Waals surface area contributed by atoms with Crippen molar-refractivity contribution >= 4 is 17.5 Å². The molecule has 1 saturated heterocycles. The second-order valence-electron chi connectivity index (χ2n) is 5.07. The summed E-state index contributed by atoms with van der Waals surface area (Å²) in [5, 5.41) is 11.1. The third-order valence-electron chi connectivity index (χ3n) is 3.59. The molecule has 3 rings (SSSR count). The van der Waals surface area contributed by atoms with Crippen LogP contribution in [0.1, 0.15) is 15.9 Å². The number of hydrogen-bond donors (Lipinski definition) is 1. The lowest BCUT2D eigenvalue weighted by Crippen LogP contribution is -2.61. The highest BCUT2D eigenvalue weighted by Gasteiger charge is 2.45. The van der Waals surface area contributed by atoms with Crippen LogP contribution >= 0.6 is 11.6 Å². The van der Waals surface area contributed by atoms with Gasteiger partial charge in [-0.05, 0) is 29.8 Å². The second-order valence-corrected chi connectivity index (χ2v) is 5.50. The summed E-state index contributed by atoms with van der Waals surface area (Å²) in [5.41, 5.74) is 0.472. The van der Waals surface area contributed by atoms with Crippen LogP contribution in [0.4, 0.5) is 0 Å². The van der Waals surface area contributed by atoms with Crippen LogP contribution in [-0.2, 0) is 5.60 Å². The van der Waals surface area contributed by atoms with Crippen molar-refractivity contribution in [3.63, 3.8) is 0 Å². The van der Waals surface area contributed by atoms with E-state index in [0.29, 0.717) is 23.7 Å². The summed E-state index contributed by atoms with van der Waals surface area (Å²) >= 11 is 5.84. The van der Waals surface area contributed by atoms with Crippen LogP contribution in [-0.4, -0.2) is 29.0 Å². The molecule has 102 valence electrons. The molecule has 1 aliphatic heterocycles. The number of benzene rings is 2. The van der Waals surface area contributed by atoms with Gasteiger partial charge in [0.25, 0.3) is 5.91 Å². The van der Waals surface area contributed by atoms with Gasteiger partial charge in [-0.1, -0.05) is 41.9 Å². The Morgan fingerprint density at radius 2 is 1.65 bits per heavy atom. The van der Waals surface area contributed by atoms with Gasteiger partial charge in [0, 0.05) is 10.6 Å². The molecule has 0 radical (unpaired) electrons. The molecule has 2 aromatic rings. The van der Waals surface area contributed by atoms with E-state index in [9.17, 15) is 9.90 Å². The fourth-order valence-electron chi connectivity index (χ4n) is 2.43. The van der Waals surface area contributed by atoms with Gasteiger partial charge in [0.05, 0.1) is 13.1 Å². The SMILES string of the molecule is O=C(c1ccccc1)N1CC(O)(c2ccc(Cl)cc2)C1. The first-order valence-electron chi connectivity index (χ1n) is 6.41. The quantitative estimate of drug-likeness (QED) is 0.922. The molecule has 0 bridgehead atoms. The molecular formula is C16H14ClNO2. The summed E-state index contributed by atoms with van der Waals surface area (Å²) in [6.45, 7) is 0.616. The summed E-state index contributed by atoms with van der Waals surface area (Å²) in [6, 6.07) is 16.2. The number of amides is 1. The Bertz CT molecular complexity index is 619. The highest BCUT2D eigenvalue weighted by Crippen LogP contribution is 2.33.